The van der Waals surface area contributed by atoms with Crippen LogP contribution >= 0.6 is 0 Å². The molecule has 1 aliphatic rings. The Kier molecular flexibility index (Phi) is 1.59. The van der Waals surface area contributed by atoms with Crippen molar-refractivity contribution in [2.24, 2.45) is 11.3 Å². The number of rotatable bonds is 0. The van der Waals surface area contributed by atoms with Crippen molar-refractivity contribution in [2.45, 2.75) is 46.1 Å². The zero-order chi connectivity index (χ0) is 7.99. The van der Waals surface area contributed by atoms with Crippen LogP contribution in [-0.2, 0) is 0 Å². The van der Waals surface area contributed by atoms with Crippen molar-refractivity contribution in [2.75, 3.05) is 0 Å². The Morgan fingerprint density at radius 2 is 1.80 bits per heavy atom. The fourth-order valence-corrected chi connectivity index (χ4v) is 1.71. The van der Waals surface area contributed by atoms with E-state index in [1.807, 2.05) is 6.92 Å². The summed E-state index contributed by atoms with van der Waals surface area (Å²) in [6, 6.07) is 0. The lowest BCUT2D eigenvalue weighted by Gasteiger charge is -2.36. The van der Waals surface area contributed by atoms with Crippen molar-refractivity contribution in [3.05, 3.63) is 0 Å². The van der Waals surface area contributed by atoms with E-state index >= 15 is 0 Å². The van der Waals surface area contributed by atoms with Crippen molar-refractivity contribution in [1.82, 2.24) is 0 Å². The monoisotopic (exact) mass is 142 g/mol. The molecule has 0 spiro atoms. The molecule has 0 bridgehead atoms. The van der Waals surface area contributed by atoms with Crippen LogP contribution in [0.4, 0.5) is 0 Å². The summed E-state index contributed by atoms with van der Waals surface area (Å²) in [4.78, 5) is 0. The summed E-state index contributed by atoms with van der Waals surface area (Å²) in [5.41, 5.74) is -0.334. The highest BCUT2D eigenvalue weighted by Crippen LogP contribution is 2.49. The summed E-state index contributed by atoms with van der Waals surface area (Å²) in [7, 11) is 0. The maximum Gasteiger partial charge on any atom is 0.0673 e. The van der Waals surface area contributed by atoms with Crippen LogP contribution in [-0.4, -0.2) is 10.7 Å². The fourth-order valence-electron chi connectivity index (χ4n) is 1.71. The van der Waals surface area contributed by atoms with Gasteiger partial charge in [0.15, 0.2) is 0 Å². The van der Waals surface area contributed by atoms with Gasteiger partial charge in [-0.2, -0.15) is 0 Å². The standard InChI is InChI=1S/C9H18O/c1-7-5-6-9(4,10)8(7,2)3/h7,10H,5-6H2,1-4H3/t7?,9-/m1/s1. The highest BCUT2D eigenvalue weighted by atomic mass is 16.3. The minimum absolute atomic E-state index is 0.104. The third kappa shape index (κ3) is 0.878. The number of hydrogen-bond acceptors (Lipinski definition) is 1. The average Bonchev–Trinajstić information content (AvgIpc) is 1.94. The molecule has 60 valence electrons. The van der Waals surface area contributed by atoms with Crippen molar-refractivity contribution in [1.29, 1.82) is 0 Å². The summed E-state index contributed by atoms with van der Waals surface area (Å²) < 4.78 is 0. The molecule has 1 unspecified atom stereocenters. The van der Waals surface area contributed by atoms with Crippen LogP contribution in [0.3, 0.4) is 0 Å². The van der Waals surface area contributed by atoms with Crippen LogP contribution < -0.4 is 0 Å². The van der Waals surface area contributed by atoms with Gasteiger partial charge in [-0.25, -0.2) is 0 Å². The average molecular weight is 142 g/mol. The van der Waals surface area contributed by atoms with Crippen LogP contribution in [0.2, 0.25) is 0 Å². The normalized spacial score (nSPS) is 45.9. The Hall–Kier alpha value is -0.0400. The van der Waals surface area contributed by atoms with E-state index in [0.29, 0.717) is 5.92 Å². The molecule has 2 atom stereocenters. The molecule has 1 heteroatoms. The van der Waals surface area contributed by atoms with Gasteiger partial charge in [-0.3, -0.25) is 0 Å². The molecule has 0 heterocycles. The van der Waals surface area contributed by atoms with Gasteiger partial charge in [-0.1, -0.05) is 20.8 Å². The summed E-state index contributed by atoms with van der Waals surface area (Å²) in [5.74, 6) is 0.655. The lowest BCUT2D eigenvalue weighted by molar-refractivity contribution is -0.0395. The minimum atomic E-state index is -0.438. The van der Waals surface area contributed by atoms with Crippen molar-refractivity contribution < 1.29 is 5.11 Å². The van der Waals surface area contributed by atoms with Gasteiger partial charge in [0.05, 0.1) is 5.60 Å². The van der Waals surface area contributed by atoms with E-state index in [2.05, 4.69) is 20.8 Å². The number of aliphatic hydroxyl groups is 1. The fraction of sp³-hybridized carbons (Fsp3) is 1.00. The third-order valence-corrected chi connectivity index (χ3v) is 3.68. The Morgan fingerprint density at radius 1 is 1.30 bits per heavy atom. The Morgan fingerprint density at radius 3 is 1.90 bits per heavy atom. The highest BCUT2D eigenvalue weighted by molar-refractivity contribution is 4.98. The zero-order valence-corrected chi connectivity index (χ0v) is 7.44. The summed E-state index contributed by atoms with van der Waals surface area (Å²) in [6.07, 6.45) is 2.13. The minimum Gasteiger partial charge on any atom is -0.390 e. The van der Waals surface area contributed by atoms with Gasteiger partial charge in [0.25, 0.3) is 0 Å². The van der Waals surface area contributed by atoms with Gasteiger partial charge in [0, 0.05) is 0 Å². The van der Waals surface area contributed by atoms with Gasteiger partial charge in [0.2, 0.25) is 0 Å². The van der Waals surface area contributed by atoms with Crippen molar-refractivity contribution >= 4 is 0 Å². The van der Waals surface area contributed by atoms with Gasteiger partial charge in [-0.05, 0) is 31.1 Å². The molecule has 0 aromatic heterocycles. The Labute approximate surface area is 63.4 Å². The molecule has 0 aromatic rings. The quantitative estimate of drug-likeness (QED) is 0.549. The molecular formula is C9H18O. The Bertz CT molecular complexity index is 136. The van der Waals surface area contributed by atoms with Gasteiger partial charge in [0.1, 0.15) is 0 Å². The first-order valence-electron chi connectivity index (χ1n) is 4.10. The topological polar surface area (TPSA) is 20.2 Å². The second-order valence-corrected chi connectivity index (χ2v) is 4.44. The molecule has 10 heavy (non-hydrogen) atoms. The van der Waals surface area contributed by atoms with Crippen LogP contribution in [0.5, 0.6) is 0 Å². The second-order valence-electron chi connectivity index (χ2n) is 4.44. The molecule has 1 rings (SSSR count). The first-order chi connectivity index (χ1) is 4.38. The van der Waals surface area contributed by atoms with E-state index in [1.54, 1.807) is 0 Å². The zero-order valence-electron chi connectivity index (χ0n) is 7.44. The summed E-state index contributed by atoms with van der Waals surface area (Å²) >= 11 is 0. The molecule has 0 aliphatic heterocycles. The Balaban J connectivity index is 2.84. The van der Waals surface area contributed by atoms with E-state index in [1.165, 1.54) is 6.42 Å². The maximum atomic E-state index is 9.89. The smallest absolute Gasteiger partial charge is 0.0673 e. The van der Waals surface area contributed by atoms with Crippen LogP contribution in [0, 0.1) is 11.3 Å². The predicted octanol–water partition coefficient (Wildman–Crippen LogP) is 2.19. The lowest BCUT2D eigenvalue weighted by atomic mass is 9.74. The molecule has 1 nitrogen and oxygen atoms in total. The molecular weight excluding hydrogens is 124 g/mol. The van der Waals surface area contributed by atoms with Crippen LogP contribution in [0.1, 0.15) is 40.5 Å². The molecule has 1 N–H and O–H groups in total. The van der Waals surface area contributed by atoms with Crippen molar-refractivity contribution in [3.63, 3.8) is 0 Å². The molecule has 0 radical (unpaired) electrons. The molecule has 0 aromatic carbocycles. The highest BCUT2D eigenvalue weighted by Gasteiger charge is 2.48. The molecule has 1 saturated carbocycles. The van der Waals surface area contributed by atoms with E-state index in [9.17, 15) is 5.11 Å². The van der Waals surface area contributed by atoms with E-state index in [4.69, 9.17) is 0 Å². The van der Waals surface area contributed by atoms with Crippen LogP contribution in [0.25, 0.3) is 0 Å². The lowest BCUT2D eigenvalue weighted by Crippen LogP contribution is -2.39. The van der Waals surface area contributed by atoms with E-state index < -0.39 is 5.60 Å². The van der Waals surface area contributed by atoms with Crippen LogP contribution in [0.15, 0.2) is 0 Å². The van der Waals surface area contributed by atoms with E-state index in [-0.39, 0.29) is 5.41 Å². The summed E-state index contributed by atoms with van der Waals surface area (Å²) in [5, 5.41) is 9.89. The number of hydrogen-bond donors (Lipinski definition) is 1. The molecule has 1 aliphatic carbocycles. The second kappa shape index (κ2) is 1.97. The van der Waals surface area contributed by atoms with Crippen molar-refractivity contribution in [3.8, 4) is 0 Å². The maximum absolute atomic E-state index is 9.89. The first-order valence-corrected chi connectivity index (χ1v) is 4.10. The van der Waals surface area contributed by atoms with E-state index in [0.717, 1.165) is 6.42 Å². The predicted molar refractivity (Wildman–Crippen MR) is 42.8 cm³/mol. The van der Waals surface area contributed by atoms with Gasteiger partial charge >= 0.3 is 0 Å². The van der Waals surface area contributed by atoms with Gasteiger partial charge in [-0.15, -0.1) is 0 Å². The summed E-state index contributed by atoms with van der Waals surface area (Å²) in [6.45, 7) is 8.49. The largest absolute Gasteiger partial charge is 0.390 e. The molecule has 1 fully saturated rings. The first kappa shape index (κ1) is 8.06. The molecule has 0 amide bonds. The molecule has 0 saturated heterocycles. The SMILES string of the molecule is CC1CC[C@@](C)(O)C1(C)C. The third-order valence-electron chi connectivity index (χ3n) is 3.68. The van der Waals surface area contributed by atoms with Gasteiger partial charge < -0.3 is 5.11 Å².